The van der Waals surface area contributed by atoms with Gasteiger partial charge in [0.25, 0.3) is 0 Å². The van der Waals surface area contributed by atoms with Gasteiger partial charge in [-0.25, -0.2) is 4.39 Å². The number of allylic oxidation sites excluding steroid dienone is 4. The molecule has 32 heavy (non-hydrogen) atoms. The molecule has 2 unspecified atom stereocenters. The van der Waals surface area contributed by atoms with Crippen molar-refractivity contribution in [3.63, 3.8) is 0 Å². The maximum atomic E-state index is 13.6. The number of amides is 1. The van der Waals surface area contributed by atoms with E-state index in [1.165, 1.54) is 24.3 Å². The monoisotopic (exact) mass is 433 g/mol. The fourth-order valence-electron chi connectivity index (χ4n) is 3.36. The molecule has 0 aliphatic heterocycles. The Hall–Kier alpha value is -3.60. The molecule has 2 aromatic rings. The summed E-state index contributed by atoms with van der Waals surface area (Å²) >= 11 is 0. The zero-order valence-corrected chi connectivity index (χ0v) is 18.5. The molecule has 0 spiro atoms. The summed E-state index contributed by atoms with van der Waals surface area (Å²) in [6.07, 6.45) is 6.57. The molecule has 0 aliphatic rings. The first kappa shape index (κ1) is 24.7. The number of halogens is 1. The zero-order valence-electron chi connectivity index (χ0n) is 18.5. The van der Waals surface area contributed by atoms with Crippen LogP contribution in [-0.4, -0.2) is 17.5 Å². The number of carbonyl (C=O) groups is 3. The molecular formula is C27H28FNO3. The standard InChI is InChI=1S/C27H28FNO3/c1-5-7-13-22(6-2)29-27(32)24(25(30)18(3)4)23(19-11-9-8-10-12-19)26(31)20-14-16-21(28)17-15-20/h5-18,23-24H,1H2,2-4H3,(H,29,32)/b13-7-,22-6+. The largest absolute Gasteiger partial charge is 0.326 e. The number of hydrogen-bond acceptors (Lipinski definition) is 3. The second-order valence-corrected chi connectivity index (χ2v) is 7.62. The zero-order chi connectivity index (χ0) is 23.7. The summed E-state index contributed by atoms with van der Waals surface area (Å²) in [6.45, 7) is 8.75. The quantitative estimate of drug-likeness (QED) is 0.310. The van der Waals surface area contributed by atoms with E-state index in [-0.39, 0.29) is 11.3 Å². The van der Waals surface area contributed by atoms with Gasteiger partial charge in [0.1, 0.15) is 17.5 Å². The molecule has 0 heterocycles. The Morgan fingerprint density at radius 2 is 1.62 bits per heavy atom. The molecule has 2 rings (SSSR count). The predicted octanol–water partition coefficient (Wildman–Crippen LogP) is 5.40. The summed E-state index contributed by atoms with van der Waals surface area (Å²) in [5.41, 5.74) is 1.25. The van der Waals surface area contributed by atoms with Gasteiger partial charge < -0.3 is 5.32 Å². The Morgan fingerprint density at radius 3 is 2.16 bits per heavy atom. The molecule has 1 N–H and O–H groups in total. The van der Waals surface area contributed by atoms with E-state index < -0.39 is 35.3 Å². The molecule has 0 saturated heterocycles. The van der Waals surface area contributed by atoms with Crippen molar-refractivity contribution in [3.8, 4) is 0 Å². The van der Waals surface area contributed by atoms with E-state index in [9.17, 15) is 18.8 Å². The third-order valence-electron chi connectivity index (χ3n) is 5.05. The Balaban J connectivity index is 2.59. The highest BCUT2D eigenvalue weighted by atomic mass is 19.1. The van der Waals surface area contributed by atoms with Crippen LogP contribution in [-0.2, 0) is 9.59 Å². The second kappa shape index (κ2) is 11.7. The first-order valence-corrected chi connectivity index (χ1v) is 10.4. The lowest BCUT2D eigenvalue weighted by molar-refractivity contribution is -0.136. The smallest absolute Gasteiger partial charge is 0.236 e. The second-order valence-electron chi connectivity index (χ2n) is 7.62. The van der Waals surface area contributed by atoms with Crippen molar-refractivity contribution in [1.29, 1.82) is 0 Å². The Bertz CT molecular complexity index is 1020. The third-order valence-corrected chi connectivity index (χ3v) is 5.05. The highest BCUT2D eigenvalue weighted by Gasteiger charge is 2.41. The lowest BCUT2D eigenvalue weighted by Gasteiger charge is -2.26. The topological polar surface area (TPSA) is 63.2 Å². The number of ketones is 2. The molecule has 2 aromatic carbocycles. The maximum absolute atomic E-state index is 13.6. The van der Waals surface area contributed by atoms with Gasteiger partial charge >= 0.3 is 0 Å². The molecule has 4 nitrogen and oxygen atoms in total. The summed E-state index contributed by atoms with van der Waals surface area (Å²) in [4.78, 5) is 40.2. The van der Waals surface area contributed by atoms with Crippen LogP contribution < -0.4 is 5.32 Å². The SMILES string of the molecule is C=C/C=C\C(=C/C)NC(=O)C(C(=O)C(C)C)C(C(=O)c1ccc(F)cc1)c1ccccc1. The van der Waals surface area contributed by atoms with Crippen molar-refractivity contribution in [1.82, 2.24) is 5.32 Å². The molecule has 1 amide bonds. The van der Waals surface area contributed by atoms with Gasteiger partial charge in [-0.1, -0.05) is 69.0 Å². The number of nitrogens with one attached hydrogen (secondary N) is 1. The van der Waals surface area contributed by atoms with Crippen LogP contribution in [0, 0.1) is 17.7 Å². The first-order valence-electron chi connectivity index (χ1n) is 10.4. The predicted molar refractivity (Wildman–Crippen MR) is 124 cm³/mol. The van der Waals surface area contributed by atoms with E-state index in [1.807, 2.05) is 0 Å². The Labute approximate surface area is 188 Å². The summed E-state index contributed by atoms with van der Waals surface area (Å²) in [6, 6.07) is 13.8. The molecule has 0 fully saturated rings. The van der Waals surface area contributed by atoms with Gasteiger partial charge in [0.15, 0.2) is 5.78 Å². The summed E-state index contributed by atoms with van der Waals surface area (Å²) < 4.78 is 13.4. The lowest BCUT2D eigenvalue weighted by Crippen LogP contribution is -2.42. The molecule has 0 bridgehead atoms. The van der Waals surface area contributed by atoms with E-state index in [1.54, 1.807) is 75.4 Å². The third kappa shape index (κ3) is 6.20. The molecule has 0 aliphatic carbocycles. The number of rotatable bonds is 10. The van der Waals surface area contributed by atoms with Crippen molar-refractivity contribution < 1.29 is 18.8 Å². The van der Waals surface area contributed by atoms with Gasteiger partial charge in [0, 0.05) is 17.2 Å². The Morgan fingerprint density at radius 1 is 1.00 bits per heavy atom. The highest BCUT2D eigenvalue weighted by Crippen LogP contribution is 2.32. The minimum atomic E-state index is -1.26. The van der Waals surface area contributed by atoms with Crippen molar-refractivity contribution >= 4 is 17.5 Å². The average molecular weight is 434 g/mol. The average Bonchev–Trinajstić information content (AvgIpc) is 2.80. The lowest BCUT2D eigenvalue weighted by atomic mass is 9.75. The van der Waals surface area contributed by atoms with Crippen LogP contribution in [0.15, 0.2) is 91.2 Å². The van der Waals surface area contributed by atoms with Crippen molar-refractivity contribution in [3.05, 3.63) is 108 Å². The van der Waals surface area contributed by atoms with Crippen molar-refractivity contribution in [2.45, 2.75) is 26.7 Å². The van der Waals surface area contributed by atoms with Gasteiger partial charge in [-0.3, -0.25) is 14.4 Å². The molecule has 166 valence electrons. The van der Waals surface area contributed by atoms with Gasteiger partial charge in [-0.15, -0.1) is 0 Å². The Kier molecular flexibility index (Phi) is 9.02. The van der Waals surface area contributed by atoms with Crippen LogP contribution in [0.25, 0.3) is 0 Å². The molecule has 0 saturated carbocycles. The number of Topliss-reactive ketones (excluding diaryl/α,β-unsaturated/α-hetero) is 2. The molecular weight excluding hydrogens is 405 g/mol. The van der Waals surface area contributed by atoms with Crippen LogP contribution in [0.1, 0.15) is 42.6 Å². The first-order chi connectivity index (χ1) is 15.3. The van der Waals surface area contributed by atoms with Crippen LogP contribution >= 0.6 is 0 Å². The van der Waals surface area contributed by atoms with E-state index in [2.05, 4.69) is 11.9 Å². The summed E-state index contributed by atoms with van der Waals surface area (Å²) in [5, 5.41) is 2.76. The van der Waals surface area contributed by atoms with Crippen molar-refractivity contribution in [2.75, 3.05) is 0 Å². The summed E-state index contributed by atoms with van der Waals surface area (Å²) in [5.74, 6) is -4.62. The minimum Gasteiger partial charge on any atom is -0.326 e. The fraction of sp³-hybridized carbons (Fsp3) is 0.222. The van der Waals surface area contributed by atoms with E-state index >= 15 is 0 Å². The molecule has 2 atom stereocenters. The molecule has 0 aromatic heterocycles. The van der Waals surface area contributed by atoms with Crippen LogP contribution in [0.5, 0.6) is 0 Å². The van der Waals surface area contributed by atoms with E-state index in [0.717, 1.165) is 0 Å². The highest BCUT2D eigenvalue weighted by molar-refractivity contribution is 6.12. The van der Waals surface area contributed by atoms with Gasteiger partial charge in [-0.05, 0) is 42.8 Å². The number of benzene rings is 2. The normalized spacial score (nSPS) is 13.6. The minimum absolute atomic E-state index is 0.229. The van der Waals surface area contributed by atoms with Crippen LogP contribution in [0.3, 0.4) is 0 Å². The summed E-state index contributed by atoms with van der Waals surface area (Å²) in [7, 11) is 0. The van der Waals surface area contributed by atoms with Gasteiger partial charge in [-0.2, -0.15) is 0 Å². The fourth-order valence-corrected chi connectivity index (χ4v) is 3.36. The number of carbonyl (C=O) groups excluding carboxylic acids is 3. The van der Waals surface area contributed by atoms with Gasteiger partial charge in [0.2, 0.25) is 5.91 Å². The van der Waals surface area contributed by atoms with Gasteiger partial charge in [0.05, 0.1) is 5.92 Å². The maximum Gasteiger partial charge on any atom is 0.236 e. The number of hydrogen-bond donors (Lipinski definition) is 1. The van der Waals surface area contributed by atoms with Crippen LogP contribution in [0.4, 0.5) is 4.39 Å². The molecule has 0 radical (unpaired) electrons. The van der Waals surface area contributed by atoms with E-state index in [4.69, 9.17) is 0 Å². The molecule has 5 heteroatoms. The van der Waals surface area contributed by atoms with Crippen LogP contribution in [0.2, 0.25) is 0 Å². The van der Waals surface area contributed by atoms with E-state index in [0.29, 0.717) is 11.3 Å². The van der Waals surface area contributed by atoms with Crippen molar-refractivity contribution in [2.24, 2.45) is 11.8 Å².